The molecule has 0 spiro atoms. The molecule has 0 radical (unpaired) electrons. The zero-order valence-corrected chi connectivity index (χ0v) is 28.2. The van der Waals surface area contributed by atoms with Crippen molar-refractivity contribution in [1.29, 1.82) is 0 Å². The van der Waals surface area contributed by atoms with Gasteiger partial charge in [0.2, 0.25) is 0 Å². The standard InChI is InChI=1S/C34H39F5N8O5/c1-2-21-12-22(6-7-23(21)31(50)42-9-5-3-4-8-33(32(51)52,14-27(48)49)13-20-15-40-16-20)44-29-30-43-17-25(47(30)11-10-41-29)24-18-46(19-26(35)36)45-28(24)34(37,38)39/h6-7,10-12,17-18,20,26,40H,2-5,8-9,13-16,19H2,1H3,(H,41,44)(H,42,50)(H,48,49)(H,51,52). The highest BCUT2D eigenvalue weighted by atomic mass is 19.4. The Hall–Kier alpha value is -5.13. The van der Waals surface area contributed by atoms with Crippen LogP contribution < -0.4 is 16.0 Å². The van der Waals surface area contributed by atoms with E-state index in [-0.39, 0.29) is 35.4 Å². The van der Waals surface area contributed by atoms with E-state index in [1.54, 1.807) is 18.2 Å². The maximum atomic E-state index is 13.8. The van der Waals surface area contributed by atoms with Crippen molar-refractivity contribution in [1.82, 2.24) is 34.8 Å². The maximum Gasteiger partial charge on any atom is 0.435 e. The third-order valence-corrected chi connectivity index (χ3v) is 9.16. The number of hydrogen-bond donors (Lipinski definition) is 5. The third kappa shape index (κ3) is 8.83. The number of aromatic nitrogens is 5. The molecule has 4 heterocycles. The number of imidazole rings is 1. The van der Waals surface area contributed by atoms with Gasteiger partial charge in [-0.3, -0.25) is 23.5 Å². The van der Waals surface area contributed by atoms with Crippen LogP contribution in [0.4, 0.5) is 33.5 Å². The summed E-state index contributed by atoms with van der Waals surface area (Å²) in [6.07, 6.45) is -0.722. The first kappa shape index (κ1) is 38.1. The Kier molecular flexibility index (Phi) is 11.8. The van der Waals surface area contributed by atoms with Crippen LogP contribution in [-0.2, 0) is 28.7 Å². The molecule has 1 saturated heterocycles. The van der Waals surface area contributed by atoms with E-state index >= 15 is 0 Å². The van der Waals surface area contributed by atoms with Gasteiger partial charge in [0, 0.05) is 36.4 Å². The van der Waals surface area contributed by atoms with Crippen molar-refractivity contribution < 1.29 is 46.5 Å². The fourth-order valence-corrected chi connectivity index (χ4v) is 6.51. The number of nitrogens with one attached hydrogen (secondary N) is 3. The number of benzene rings is 1. The molecular formula is C34H39F5N8O5. The number of carbonyl (C=O) groups is 3. The van der Waals surface area contributed by atoms with Crippen molar-refractivity contribution in [2.24, 2.45) is 11.3 Å². The highest BCUT2D eigenvalue weighted by Gasteiger charge is 2.43. The SMILES string of the molecule is CCc1cc(Nc2nccn3c(-c4cn(CC(F)F)nc4C(F)(F)F)cnc23)ccc1C(=O)NCCCCCC(CC(=O)O)(CC1CNC1)C(=O)O. The molecule has 3 aromatic heterocycles. The van der Waals surface area contributed by atoms with Gasteiger partial charge in [-0.05, 0) is 68.5 Å². The van der Waals surface area contributed by atoms with Gasteiger partial charge < -0.3 is 26.2 Å². The van der Waals surface area contributed by atoms with Crippen LogP contribution in [-0.4, -0.2) is 78.3 Å². The summed E-state index contributed by atoms with van der Waals surface area (Å²) in [5, 5.41) is 31.7. The highest BCUT2D eigenvalue weighted by Crippen LogP contribution is 2.39. The topological polar surface area (TPSA) is 176 Å². The Morgan fingerprint density at radius 3 is 2.50 bits per heavy atom. The number of carboxylic acids is 2. The van der Waals surface area contributed by atoms with E-state index in [2.05, 4.69) is 31.0 Å². The first-order chi connectivity index (χ1) is 24.7. The number of fused-ring (bicyclic) bond motifs is 1. The van der Waals surface area contributed by atoms with E-state index in [9.17, 15) is 46.5 Å². The number of aliphatic carboxylic acids is 2. The van der Waals surface area contributed by atoms with Gasteiger partial charge in [-0.15, -0.1) is 0 Å². The molecule has 1 amide bonds. The van der Waals surface area contributed by atoms with Crippen LogP contribution in [0.1, 0.15) is 67.1 Å². The van der Waals surface area contributed by atoms with Gasteiger partial charge in [0.05, 0.1) is 29.3 Å². The number of unbranched alkanes of at least 4 members (excludes halogenated alkanes) is 2. The van der Waals surface area contributed by atoms with Crippen molar-refractivity contribution >= 4 is 35.0 Å². The molecule has 1 aromatic carbocycles. The largest absolute Gasteiger partial charge is 0.481 e. The van der Waals surface area contributed by atoms with Gasteiger partial charge in [0.25, 0.3) is 12.3 Å². The summed E-state index contributed by atoms with van der Waals surface area (Å²) in [7, 11) is 0. The lowest BCUT2D eigenvalue weighted by Crippen LogP contribution is -2.47. The average Bonchev–Trinajstić information content (AvgIpc) is 3.68. The molecule has 0 bridgehead atoms. The number of halogens is 5. The number of amides is 1. The van der Waals surface area contributed by atoms with Gasteiger partial charge in [-0.2, -0.15) is 18.3 Å². The molecule has 0 aliphatic carbocycles. The second kappa shape index (κ2) is 16.0. The second-order valence-corrected chi connectivity index (χ2v) is 12.9. The highest BCUT2D eigenvalue weighted by molar-refractivity contribution is 5.96. The van der Waals surface area contributed by atoms with Crippen LogP contribution in [0.2, 0.25) is 0 Å². The second-order valence-electron chi connectivity index (χ2n) is 12.9. The Morgan fingerprint density at radius 1 is 1.10 bits per heavy atom. The number of hydrogen-bond acceptors (Lipinski definition) is 8. The zero-order chi connectivity index (χ0) is 37.6. The number of rotatable bonds is 18. The first-order valence-corrected chi connectivity index (χ1v) is 16.8. The fourth-order valence-electron chi connectivity index (χ4n) is 6.51. The Morgan fingerprint density at radius 2 is 1.87 bits per heavy atom. The summed E-state index contributed by atoms with van der Waals surface area (Å²) in [5.41, 5.74) is -1.27. The van der Waals surface area contributed by atoms with E-state index in [4.69, 9.17) is 0 Å². The molecule has 1 aliphatic heterocycles. The van der Waals surface area contributed by atoms with Crippen molar-refractivity contribution in [2.75, 3.05) is 25.0 Å². The molecule has 5 N–H and O–H groups in total. The third-order valence-electron chi connectivity index (χ3n) is 9.16. The molecule has 280 valence electrons. The summed E-state index contributed by atoms with van der Waals surface area (Å²) >= 11 is 0. The maximum absolute atomic E-state index is 13.8. The summed E-state index contributed by atoms with van der Waals surface area (Å²) in [6.45, 7) is 2.54. The average molecular weight is 735 g/mol. The summed E-state index contributed by atoms with van der Waals surface area (Å²) in [5.74, 6) is -2.22. The number of nitrogens with zero attached hydrogens (tertiary/aromatic N) is 5. The lowest BCUT2D eigenvalue weighted by Gasteiger charge is -2.36. The number of carboxylic acid groups (broad SMARTS) is 2. The molecule has 1 atom stereocenters. The lowest BCUT2D eigenvalue weighted by atomic mass is 9.71. The van der Waals surface area contributed by atoms with Crippen LogP contribution in [0, 0.1) is 11.3 Å². The van der Waals surface area contributed by atoms with Crippen molar-refractivity contribution in [3.63, 3.8) is 0 Å². The van der Waals surface area contributed by atoms with Crippen LogP contribution in [0.3, 0.4) is 0 Å². The molecule has 18 heteroatoms. The Balaban J connectivity index is 1.22. The summed E-state index contributed by atoms with van der Waals surface area (Å²) < 4.78 is 69.1. The van der Waals surface area contributed by atoms with Crippen LogP contribution >= 0.6 is 0 Å². The van der Waals surface area contributed by atoms with Crippen LogP contribution in [0.15, 0.2) is 43.0 Å². The molecule has 1 fully saturated rings. The number of alkyl halides is 5. The lowest BCUT2D eigenvalue weighted by molar-refractivity contribution is -0.158. The molecule has 52 heavy (non-hydrogen) atoms. The normalized spacial score (nSPS) is 14.7. The minimum Gasteiger partial charge on any atom is -0.481 e. The summed E-state index contributed by atoms with van der Waals surface area (Å²) in [6, 6.07) is 5.01. The van der Waals surface area contributed by atoms with Crippen molar-refractivity contribution in [3.8, 4) is 11.3 Å². The van der Waals surface area contributed by atoms with E-state index in [0.29, 0.717) is 73.2 Å². The molecule has 5 rings (SSSR count). The minimum atomic E-state index is -4.91. The number of anilines is 2. The number of carbonyl (C=O) groups excluding carboxylic acids is 1. The van der Waals surface area contributed by atoms with E-state index in [1.165, 1.54) is 23.0 Å². The van der Waals surface area contributed by atoms with Crippen LogP contribution in [0.25, 0.3) is 16.9 Å². The predicted molar refractivity (Wildman–Crippen MR) is 178 cm³/mol. The van der Waals surface area contributed by atoms with Gasteiger partial charge in [-0.1, -0.05) is 19.8 Å². The molecule has 4 aromatic rings. The van der Waals surface area contributed by atoms with Gasteiger partial charge >= 0.3 is 18.1 Å². The summed E-state index contributed by atoms with van der Waals surface area (Å²) in [4.78, 5) is 45.3. The molecule has 1 aliphatic rings. The molecule has 13 nitrogen and oxygen atoms in total. The van der Waals surface area contributed by atoms with Crippen LogP contribution in [0.5, 0.6) is 0 Å². The Bertz CT molecular complexity index is 1910. The van der Waals surface area contributed by atoms with Crippen molar-refractivity contribution in [2.45, 2.75) is 71.0 Å². The van der Waals surface area contributed by atoms with E-state index in [0.717, 1.165) is 6.20 Å². The van der Waals surface area contributed by atoms with Gasteiger partial charge in [0.15, 0.2) is 17.2 Å². The first-order valence-electron chi connectivity index (χ1n) is 16.8. The fraction of sp³-hybridized carbons (Fsp3) is 0.471. The molecular weight excluding hydrogens is 695 g/mol. The Labute approximate surface area is 294 Å². The van der Waals surface area contributed by atoms with Gasteiger partial charge in [-0.25, -0.2) is 18.7 Å². The van der Waals surface area contributed by atoms with E-state index < -0.39 is 54.2 Å². The monoisotopic (exact) mass is 734 g/mol. The van der Waals surface area contributed by atoms with E-state index in [1.807, 2.05) is 6.92 Å². The molecule has 1 unspecified atom stereocenters. The minimum absolute atomic E-state index is 0.0257. The predicted octanol–water partition coefficient (Wildman–Crippen LogP) is 5.63. The molecule has 0 saturated carbocycles. The quantitative estimate of drug-likeness (QED) is 0.0637. The van der Waals surface area contributed by atoms with Crippen molar-refractivity contribution in [3.05, 3.63) is 59.8 Å². The number of aryl methyl sites for hydroxylation is 1. The smallest absolute Gasteiger partial charge is 0.435 e. The zero-order valence-electron chi connectivity index (χ0n) is 28.2. The van der Waals surface area contributed by atoms with Gasteiger partial charge in [0.1, 0.15) is 6.54 Å².